The Kier molecular flexibility index (Phi) is 5.09. The molecule has 4 aliphatic carbocycles. The fourth-order valence-corrected chi connectivity index (χ4v) is 7.63. The number of nitrogens with one attached hydrogen (secondary N) is 2. The summed E-state index contributed by atoms with van der Waals surface area (Å²) in [4.78, 5) is 42.3. The number of fused-ring (bicyclic) bond motifs is 1. The maximum atomic E-state index is 13.5. The number of aromatic nitrogens is 1. The number of ketones is 1. The van der Waals surface area contributed by atoms with Gasteiger partial charge in [-0.3, -0.25) is 14.4 Å². The molecule has 1 heterocycles. The minimum atomic E-state index is -0.602. The SMILES string of the molecule is CC(=O)NC12CC3CC(C1)CC(C(=O)OCC(=O)c1c(-c4ccccc4)[nH]c4ccccc14)(C3)C2. The van der Waals surface area contributed by atoms with Crippen LogP contribution in [0.15, 0.2) is 54.6 Å². The summed E-state index contributed by atoms with van der Waals surface area (Å²) >= 11 is 0. The zero-order chi connectivity index (χ0) is 24.2. The van der Waals surface area contributed by atoms with Gasteiger partial charge in [0.15, 0.2) is 6.61 Å². The Morgan fingerprint density at radius 3 is 2.37 bits per heavy atom. The predicted molar refractivity (Wildman–Crippen MR) is 133 cm³/mol. The quantitative estimate of drug-likeness (QED) is 0.390. The third kappa shape index (κ3) is 3.76. The molecule has 0 spiro atoms. The van der Waals surface area contributed by atoms with Crippen LogP contribution in [0.5, 0.6) is 0 Å². The van der Waals surface area contributed by atoms with E-state index in [1.54, 1.807) is 6.92 Å². The molecule has 1 amide bonds. The van der Waals surface area contributed by atoms with Crippen LogP contribution >= 0.6 is 0 Å². The van der Waals surface area contributed by atoms with E-state index in [0.717, 1.165) is 54.3 Å². The Bertz CT molecular complexity index is 1310. The Labute approximate surface area is 204 Å². The molecular weight excluding hydrogens is 440 g/mol. The number of benzene rings is 2. The van der Waals surface area contributed by atoms with Gasteiger partial charge in [-0.1, -0.05) is 48.5 Å². The molecule has 2 unspecified atom stereocenters. The number of hydrogen-bond donors (Lipinski definition) is 2. The largest absolute Gasteiger partial charge is 0.457 e. The van der Waals surface area contributed by atoms with Crippen LogP contribution in [0.3, 0.4) is 0 Å². The van der Waals surface area contributed by atoms with E-state index in [4.69, 9.17) is 4.74 Å². The third-order valence-electron chi connectivity index (χ3n) is 8.32. The van der Waals surface area contributed by atoms with Crippen LogP contribution in [0.2, 0.25) is 0 Å². The first kappa shape index (κ1) is 22.1. The summed E-state index contributed by atoms with van der Waals surface area (Å²) in [7, 11) is 0. The summed E-state index contributed by atoms with van der Waals surface area (Å²) in [6.07, 6.45) is 5.19. The molecule has 0 aliphatic heterocycles. The number of aromatic amines is 1. The molecule has 180 valence electrons. The summed E-state index contributed by atoms with van der Waals surface area (Å²) in [6, 6.07) is 17.4. The highest BCUT2D eigenvalue weighted by atomic mass is 16.5. The van der Waals surface area contributed by atoms with Crippen molar-refractivity contribution in [2.45, 2.75) is 51.0 Å². The smallest absolute Gasteiger partial charge is 0.312 e. The monoisotopic (exact) mass is 470 g/mol. The van der Waals surface area contributed by atoms with Crippen molar-refractivity contribution in [2.24, 2.45) is 17.3 Å². The van der Waals surface area contributed by atoms with E-state index in [1.807, 2.05) is 54.6 Å². The van der Waals surface area contributed by atoms with Crippen LogP contribution in [0.1, 0.15) is 55.8 Å². The molecular formula is C29H30N2O4. The van der Waals surface area contributed by atoms with E-state index in [9.17, 15) is 14.4 Å². The first-order valence-electron chi connectivity index (χ1n) is 12.5. The van der Waals surface area contributed by atoms with Crippen molar-refractivity contribution >= 4 is 28.6 Å². The van der Waals surface area contributed by atoms with Gasteiger partial charge in [0, 0.05) is 23.4 Å². The highest BCUT2D eigenvalue weighted by Crippen LogP contribution is 2.62. The van der Waals surface area contributed by atoms with E-state index < -0.39 is 5.41 Å². The average Bonchev–Trinajstić information content (AvgIpc) is 3.21. The standard InChI is InChI=1S/C29H30N2O4/c1-18(32)31-29-14-19-11-20(15-29)13-28(12-19,17-29)27(34)35-16-24(33)25-22-9-5-6-10-23(22)30-26(25)21-7-3-2-4-8-21/h2-10,19-20,30H,11-17H2,1H3,(H,31,32). The molecule has 4 saturated carbocycles. The number of H-pyrrole nitrogens is 1. The van der Waals surface area contributed by atoms with Crippen LogP contribution in [-0.4, -0.2) is 34.8 Å². The second-order valence-corrected chi connectivity index (χ2v) is 11.0. The molecule has 7 rings (SSSR count). The Morgan fingerprint density at radius 2 is 1.66 bits per heavy atom. The van der Waals surface area contributed by atoms with Crippen LogP contribution in [-0.2, 0) is 14.3 Å². The van der Waals surface area contributed by atoms with E-state index in [0.29, 0.717) is 23.8 Å². The van der Waals surface area contributed by atoms with Gasteiger partial charge in [-0.2, -0.15) is 0 Å². The molecule has 1 aromatic heterocycles. The van der Waals surface area contributed by atoms with Gasteiger partial charge in [0.2, 0.25) is 11.7 Å². The topological polar surface area (TPSA) is 88.3 Å². The number of amides is 1. The van der Waals surface area contributed by atoms with Crippen molar-refractivity contribution in [2.75, 3.05) is 6.61 Å². The summed E-state index contributed by atoms with van der Waals surface area (Å²) in [5, 5.41) is 4.01. The van der Waals surface area contributed by atoms with Gasteiger partial charge < -0.3 is 15.0 Å². The van der Waals surface area contributed by atoms with Gasteiger partial charge in [0.05, 0.1) is 16.7 Å². The Morgan fingerprint density at radius 1 is 0.971 bits per heavy atom. The molecule has 4 aliphatic rings. The number of carbonyl (C=O) groups is 3. The van der Waals surface area contributed by atoms with Gasteiger partial charge in [-0.15, -0.1) is 0 Å². The molecule has 4 fully saturated rings. The number of hydrogen-bond acceptors (Lipinski definition) is 4. The fourth-order valence-electron chi connectivity index (χ4n) is 7.63. The number of rotatable bonds is 6. The van der Waals surface area contributed by atoms with Crippen molar-refractivity contribution in [3.05, 3.63) is 60.2 Å². The van der Waals surface area contributed by atoms with Crippen molar-refractivity contribution in [1.29, 1.82) is 0 Å². The number of esters is 1. The minimum absolute atomic E-state index is 0.0431. The van der Waals surface area contributed by atoms with Gasteiger partial charge in [0.25, 0.3) is 0 Å². The van der Waals surface area contributed by atoms with Crippen molar-refractivity contribution in [3.63, 3.8) is 0 Å². The Hall–Kier alpha value is -3.41. The highest BCUT2D eigenvalue weighted by molar-refractivity contribution is 6.14. The Balaban J connectivity index is 1.25. The zero-order valence-corrected chi connectivity index (χ0v) is 19.9. The van der Waals surface area contributed by atoms with Crippen molar-refractivity contribution in [1.82, 2.24) is 10.3 Å². The molecule has 35 heavy (non-hydrogen) atoms. The summed E-state index contributed by atoms with van der Waals surface area (Å²) < 4.78 is 5.79. The van der Waals surface area contributed by atoms with Crippen LogP contribution < -0.4 is 5.32 Å². The summed E-state index contributed by atoms with van der Waals surface area (Å²) in [5.74, 6) is 0.305. The first-order chi connectivity index (χ1) is 16.9. The van der Waals surface area contributed by atoms with Gasteiger partial charge in [0.1, 0.15) is 0 Å². The first-order valence-corrected chi connectivity index (χ1v) is 12.5. The number of para-hydroxylation sites is 1. The summed E-state index contributed by atoms with van der Waals surface area (Å²) in [5.41, 5.74) is 2.18. The lowest BCUT2D eigenvalue weighted by Gasteiger charge is -2.60. The molecule has 2 aromatic carbocycles. The predicted octanol–water partition coefficient (Wildman–Crippen LogP) is 5.04. The summed E-state index contributed by atoms with van der Waals surface area (Å²) in [6.45, 7) is 1.26. The van der Waals surface area contributed by atoms with Crippen molar-refractivity contribution in [3.8, 4) is 11.3 Å². The molecule has 4 bridgehead atoms. The number of Topliss-reactive ketones (excluding diaryl/α,β-unsaturated/α-hetero) is 1. The van der Waals surface area contributed by atoms with Crippen LogP contribution in [0.25, 0.3) is 22.2 Å². The molecule has 3 aromatic rings. The fraction of sp³-hybridized carbons (Fsp3) is 0.414. The molecule has 0 radical (unpaired) electrons. The van der Waals surface area contributed by atoms with Crippen LogP contribution in [0.4, 0.5) is 0 Å². The number of ether oxygens (including phenoxy) is 1. The average molecular weight is 471 g/mol. The highest BCUT2D eigenvalue weighted by Gasteiger charge is 2.61. The van der Waals surface area contributed by atoms with Gasteiger partial charge in [-0.05, 0) is 62.0 Å². The molecule has 6 nitrogen and oxygen atoms in total. The lowest BCUT2D eigenvalue weighted by molar-refractivity contribution is -0.174. The normalized spacial score (nSPS) is 28.7. The van der Waals surface area contributed by atoms with Gasteiger partial charge >= 0.3 is 5.97 Å². The van der Waals surface area contributed by atoms with E-state index in [-0.39, 0.29) is 29.8 Å². The maximum Gasteiger partial charge on any atom is 0.312 e. The second kappa shape index (κ2) is 8.08. The maximum absolute atomic E-state index is 13.5. The zero-order valence-electron chi connectivity index (χ0n) is 19.9. The lowest BCUT2D eigenvalue weighted by Crippen LogP contribution is -2.64. The molecule has 6 heteroatoms. The second-order valence-electron chi connectivity index (χ2n) is 11.0. The molecule has 0 saturated heterocycles. The minimum Gasteiger partial charge on any atom is -0.457 e. The third-order valence-corrected chi connectivity index (χ3v) is 8.32. The van der Waals surface area contributed by atoms with E-state index in [1.165, 1.54) is 0 Å². The van der Waals surface area contributed by atoms with Crippen LogP contribution in [0, 0.1) is 17.3 Å². The van der Waals surface area contributed by atoms with Crippen molar-refractivity contribution < 1.29 is 19.1 Å². The van der Waals surface area contributed by atoms with Gasteiger partial charge in [-0.25, -0.2) is 0 Å². The number of carbonyl (C=O) groups excluding carboxylic acids is 3. The molecule has 2 atom stereocenters. The van der Waals surface area contributed by atoms with E-state index in [2.05, 4.69) is 10.3 Å². The lowest BCUT2D eigenvalue weighted by atomic mass is 9.47. The van der Waals surface area contributed by atoms with E-state index >= 15 is 0 Å². The molecule has 2 N–H and O–H groups in total.